The molecule has 0 bridgehead atoms. The molecule has 96 valence electrons. The highest BCUT2D eigenvalue weighted by Crippen LogP contribution is 2.22. The normalized spacial score (nSPS) is 9.95. The molecule has 0 atom stereocenters. The first-order chi connectivity index (χ1) is 9.08. The maximum Gasteiger partial charge on any atom is 0.221 e. The highest BCUT2D eigenvalue weighted by atomic mass is 16.1. The number of nitrogen functional groups attached to an aromatic ring is 1. The van der Waals surface area contributed by atoms with Gasteiger partial charge in [0.1, 0.15) is 0 Å². The van der Waals surface area contributed by atoms with E-state index in [9.17, 15) is 9.59 Å². The lowest BCUT2D eigenvalue weighted by atomic mass is 10.0. The van der Waals surface area contributed by atoms with Crippen molar-refractivity contribution in [2.75, 3.05) is 11.1 Å². The molecule has 0 fully saturated rings. The number of benzene rings is 2. The number of nitrogens with two attached hydrogens (primary N) is 1. The summed E-state index contributed by atoms with van der Waals surface area (Å²) >= 11 is 0. The Morgan fingerprint density at radius 2 is 1.74 bits per heavy atom. The van der Waals surface area contributed by atoms with Gasteiger partial charge in [-0.25, -0.2) is 0 Å². The first-order valence-corrected chi connectivity index (χ1v) is 5.85. The highest BCUT2D eigenvalue weighted by molar-refractivity contribution is 6.14. The molecule has 0 aromatic heterocycles. The van der Waals surface area contributed by atoms with Gasteiger partial charge < -0.3 is 11.1 Å². The fourth-order valence-corrected chi connectivity index (χ4v) is 1.79. The molecule has 4 heteroatoms. The smallest absolute Gasteiger partial charge is 0.221 e. The summed E-state index contributed by atoms with van der Waals surface area (Å²) in [5, 5.41) is 2.64. The Morgan fingerprint density at radius 1 is 1.05 bits per heavy atom. The molecule has 0 saturated heterocycles. The van der Waals surface area contributed by atoms with Gasteiger partial charge in [0.05, 0.1) is 5.69 Å². The minimum atomic E-state index is -0.230. The minimum absolute atomic E-state index is 0.170. The van der Waals surface area contributed by atoms with Crippen molar-refractivity contribution < 1.29 is 9.59 Å². The van der Waals surface area contributed by atoms with Crippen molar-refractivity contribution in [3.8, 4) is 0 Å². The zero-order chi connectivity index (χ0) is 13.8. The quantitative estimate of drug-likeness (QED) is 0.652. The van der Waals surface area contributed by atoms with Crippen molar-refractivity contribution >= 4 is 23.1 Å². The van der Waals surface area contributed by atoms with Crippen LogP contribution in [-0.4, -0.2) is 11.7 Å². The number of hydrogen-bond donors (Lipinski definition) is 2. The van der Waals surface area contributed by atoms with Crippen LogP contribution in [0.3, 0.4) is 0 Å². The van der Waals surface area contributed by atoms with Crippen LogP contribution >= 0.6 is 0 Å². The SMILES string of the molecule is CC(=O)Nc1ccc(N)cc1C(=O)c1ccccc1. The van der Waals surface area contributed by atoms with Crippen LogP contribution < -0.4 is 11.1 Å². The largest absolute Gasteiger partial charge is 0.399 e. The molecule has 0 heterocycles. The van der Waals surface area contributed by atoms with Gasteiger partial charge in [-0.15, -0.1) is 0 Å². The molecule has 2 rings (SSSR count). The lowest BCUT2D eigenvalue weighted by Crippen LogP contribution is -2.12. The van der Waals surface area contributed by atoms with Gasteiger partial charge in [-0.1, -0.05) is 30.3 Å². The van der Waals surface area contributed by atoms with Crippen molar-refractivity contribution in [2.45, 2.75) is 6.92 Å². The van der Waals surface area contributed by atoms with E-state index in [1.807, 2.05) is 6.07 Å². The van der Waals surface area contributed by atoms with Crippen LogP contribution in [0.15, 0.2) is 48.5 Å². The molecule has 2 aromatic carbocycles. The van der Waals surface area contributed by atoms with Crippen LogP contribution in [0.4, 0.5) is 11.4 Å². The minimum Gasteiger partial charge on any atom is -0.399 e. The van der Waals surface area contributed by atoms with E-state index in [-0.39, 0.29) is 11.7 Å². The van der Waals surface area contributed by atoms with E-state index in [0.29, 0.717) is 22.5 Å². The summed E-state index contributed by atoms with van der Waals surface area (Å²) in [5.41, 5.74) is 7.60. The summed E-state index contributed by atoms with van der Waals surface area (Å²) in [5.74, 6) is -0.400. The van der Waals surface area contributed by atoms with Gasteiger partial charge in [0.25, 0.3) is 0 Å². The molecule has 2 aromatic rings. The molecule has 0 aliphatic heterocycles. The molecule has 0 aliphatic carbocycles. The van der Waals surface area contributed by atoms with Gasteiger partial charge in [-0.05, 0) is 18.2 Å². The molecule has 0 aliphatic rings. The number of ketones is 1. The Labute approximate surface area is 111 Å². The van der Waals surface area contributed by atoms with Crippen LogP contribution in [-0.2, 0) is 4.79 Å². The van der Waals surface area contributed by atoms with Crippen molar-refractivity contribution in [2.24, 2.45) is 0 Å². The molecule has 0 spiro atoms. The second kappa shape index (κ2) is 5.35. The molecular formula is C15H14N2O2. The number of amides is 1. The number of rotatable bonds is 3. The first-order valence-electron chi connectivity index (χ1n) is 5.85. The number of carbonyl (C=O) groups is 2. The number of hydrogen-bond acceptors (Lipinski definition) is 3. The fraction of sp³-hybridized carbons (Fsp3) is 0.0667. The van der Waals surface area contributed by atoms with E-state index < -0.39 is 0 Å². The van der Waals surface area contributed by atoms with E-state index in [4.69, 9.17) is 5.73 Å². The molecule has 3 N–H and O–H groups in total. The van der Waals surface area contributed by atoms with E-state index >= 15 is 0 Å². The van der Waals surface area contributed by atoms with Crippen molar-refractivity contribution in [1.29, 1.82) is 0 Å². The Morgan fingerprint density at radius 3 is 2.37 bits per heavy atom. The Balaban J connectivity index is 2.45. The Hall–Kier alpha value is -2.62. The van der Waals surface area contributed by atoms with Crippen molar-refractivity contribution in [1.82, 2.24) is 0 Å². The van der Waals surface area contributed by atoms with Gasteiger partial charge in [0.15, 0.2) is 5.78 Å². The summed E-state index contributed by atoms with van der Waals surface area (Å²) in [6.45, 7) is 1.40. The number of carbonyl (C=O) groups excluding carboxylic acids is 2. The van der Waals surface area contributed by atoms with Gasteiger partial charge in [-0.2, -0.15) is 0 Å². The second-order valence-corrected chi connectivity index (χ2v) is 4.18. The third-order valence-electron chi connectivity index (χ3n) is 2.63. The van der Waals surface area contributed by atoms with E-state index in [1.54, 1.807) is 42.5 Å². The van der Waals surface area contributed by atoms with Crippen LogP contribution in [0, 0.1) is 0 Å². The maximum atomic E-state index is 12.4. The molecule has 0 unspecified atom stereocenters. The topological polar surface area (TPSA) is 72.2 Å². The number of nitrogens with one attached hydrogen (secondary N) is 1. The zero-order valence-electron chi connectivity index (χ0n) is 10.5. The molecular weight excluding hydrogens is 240 g/mol. The first kappa shape index (κ1) is 12.8. The van der Waals surface area contributed by atoms with E-state index in [1.165, 1.54) is 6.92 Å². The average Bonchev–Trinajstić information content (AvgIpc) is 2.40. The standard InChI is InChI=1S/C15H14N2O2/c1-10(18)17-14-8-7-12(16)9-13(14)15(19)11-5-3-2-4-6-11/h2-9H,16H2,1H3,(H,17,18). The summed E-state index contributed by atoms with van der Waals surface area (Å²) in [6, 6.07) is 13.7. The van der Waals surface area contributed by atoms with Gasteiger partial charge in [0, 0.05) is 23.7 Å². The predicted molar refractivity (Wildman–Crippen MR) is 75.0 cm³/mol. The Kier molecular flexibility index (Phi) is 3.61. The van der Waals surface area contributed by atoms with Crippen LogP contribution in [0.5, 0.6) is 0 Å². The molecule has 19 heavy (non-hydrogen) atoms. The maximum absolute atomic E-state index is 12.4. The predicted octanol–water partition coefficient (Wildman–Crippen LogP) is 2.46. The van der Waals surface area contributed by atoms with Crippen LogP contribution in [0.2, 0.25) is 0 Å². The highest BCUT2D eigenvalue weighted by Gasteiger charge is 2.14. The van der Waals surface area contributed by atoms with E-state index in [0.717, 1.165) is 0 Å². The van der Waals surface area contributed by atoms with Crippen molar-refractivity contribution in [3.05, 3.63) is 59.7 Å². The molecule has 4 nitrogen and oxygen atoms in total. The molecule has 0 saturated carbocycles. The monoisotopic (exact) mass is 254 g/mol. The lowest BCUT2D eigenvalue weighted by Gasteiger charge is -2.10. The third kappa shape index (κ3) is 2.98. The van der Waals surface area contributed by atoms with Gasteiger partial charge in [-0.3, -0.25) is 9.59 Å². The van der Waals surface area contributed by atoms with Crippen LogP contribution in [0.25, 0.3) is 0 Å². The van der Waals surface area contributed by atoms with E-state index in [2.05, 4.69) is 5.32 Å². The summed E-state index contributed by atoms with van der Waals surface area (Å²) < 4.78 is 0. The van der Waals surface area contributed by atoms with Crippen LogP contribution in [0.1, 0.15) is 22.8 Å². The third-order valence-corrected chi connectivity index (χ3v) is 2.63. The summed E-state index contributed by atoms with van der Waals surface area (Å²) in [7, 11) is 0. The average molecular weight is 254 g/mol. The van der Waals surface area contributed by atoms with Gasteiger partial charge >= 0.3 is 0 Å². The summed E-state index contributed by atoms with van der Waals surface area (Å²) in [6.07, 6.45) is 0. The number of anilines is 2. The summed E-state index contributed by atoms with van der Waals surface area (Å²) in [4.78, 5) is 23.5. The Bertz CT molecular complexity index is 621. The van der Waals surface area contributed by atoms with Crippen molar-refractivity contribution in [3.63, 3.8) is 0 Å². The lowest BCUT2D eigenvalue weighted by molar-refractivity contribution is -0.114. The zero-order valence-corrected chi connectivity index (χ0v) is 10.5. The molecule has 0 radical (unpaired) electrons. The molecule has 1 amide bonds. The second-order valence-electron chi connectivity index (χ2n) is 4.18. The fourth-order valence-electron chi connectivity index (χ4n) is 1.79. The van der Waals surface area contributed by atoms with Gasteiger partial charge in [0.2, 0.25) is 5.91 Å².